The second-order valence-electron chi connectivity index (χ2n) is 5.15. The summed E-state index contributed by atoms with van der Waals surface area (Å²) >= 11 is 0. The topological polar surface area (TPSA) is 66.6 Å². The lowest BCUT2D eigenvalue weighted by Crippen LogP contribution is -2.42. The number of aliphatic hydroxyl groups is 1. The molecular weight excluding hydrogens is 264 g/mol. The molecule has 2 aromatic carbocycles. The molecule has 2 atom stereocenters. The van der Waals surface area contributed by atoms with E-state index in [2.05, 4.69) is 0 Å². The molecular formula is C17H20N2O2. The van der Waals surface area contributed by atoms with Crippen LogP contribution in [-0.4, -0.2) is 24.2 Å². The first-order valence-electron chi connectivity index (χ1n) is 6.82. The number of carbonyl (C=O) groups is 1. The van der Waals surface area contributed by atoms with Crippen LogP contribution in [0.4, 0.5) is 5.69 Å². The van der Waals surface area contributed by atoms with Gasteiger partial charge >= 0.3 is 0 Å². The van der Waals surface area contributed by atoms with Gasteiger partial charge in [-0.25, -0.2) is 0 Å². The molecule has 0 saturated carbocycles. The van der Waals surface area contributed by atoms with Crippen molar-refractivity contribution < 1.29 is 9.90 Å². The van der Waals surface area contributed by atoms with Crippen molar-refractivity contribution >= 4 is 11.6 Å². The number of nitrogens with two attached hydrogens (primary N) is 1. The first-order valence-corrected chi connectivity index (χ1v) is 6.82. The van der Waals surface area contributed by atoms with E-state index in [9.17, 15) is 9.90 Å². The van der Waals surface area contributed by atoms with Gasteiger partial charge in [-0.1, -0.05) is 42.5 Å². The summed E-state index contributed by atoms with van der Waals surface area (Å²) in [6.07, 6.45) is -1.28. The Morgan fingerprint density at radius 3 is 2.38 bits per heavy atom. The van der Waals surface area contributed by atoms with Crippen molar-refractivity contribution in [1.29, 1.82) is 0 Å². The molecule has 110 valence electrons. The van der Waals surface area contributed by atoms with Gasteiger partial charge in [0, 0.05) is 12.7 Å². The molecule has 2 aromatic rings. The fourth-order valence-corrected chi connectivity index (χ4v) is 2.43. The number of amides is 1. The molecule has 21 heavy (non-hydrogen) atoms. The zero-order valence-electron chi connectivity index (χ0n) is 12.2. The van der Waals surface area contributed by atoms with Gasteiger partial charge in [-0.2, -0.15) is 0 Å². The predicted molar refractivity (Wildman–Crippen MR) is 84.0 cm³/mol. The summed E-state index contributed by atoms with van der Waals surface area (Å²) in [5, 5.41) is 10.2. The molecule has 0 aliphatic heterocycles. The van der Waals surface area contributed by atoms with Gasteiger partial charge in [0.25, 0.3) is 0 Å². The summed E-state index contributed by atoms with van der Waals surface area (Å²) in [5.74, 6) is -0.733. The largest absolute Gasteiger partial charge is 0.381 e. The molecule has 2 rings (SSSR count). The first kappa shape index (κ1) is 15.1. The molecule has 0 saturated heterocycles. The minimum absolute atomic E-state index is 0.523. The average Bonchev–Trinajstić information content (AvgIpc) is 2.48. The molecule has 0 fully saturated rings. The third-order valence-electron chi connectivity index (χ3n) is 3.56. The van der Waals surface area contributed by atoms with Crippen LogP contribution in [0.15, 0.2) is 54.6 Å². The molecule has 0 heterocycles. The maximum atomic E-state index is 11.5. The fraction of sp³-hybridized carbons (Fsp3) is 0.235. The third-order valence-corrected chi connectivity index (χ3v) is 3.56. The van der Waals surface area contributed by atoms with Crippen molar-refractivity contribution in [3.63, 3.8) is 0 Å². The number of benzene rings is 2. The van der Waals surface area contributed by atoms with Crippen LogP contribution in [0.3, 0.4) is 0 Å². The van der Waals surface area contributed by atoms with E-state index in [0.29, 0.717) is 0 Å². The smallest absolute Gasteiger partial charge is 0.248 e. The van der Waals surface area contributed by atoms with E-state index < -0.39 is 18.1 Å². The van der Waals surface area contributed by atoms with E-state index in [1.165, 1.54) is 0 Å². The monoisotopic (exact) mass is 284 g/mol. The van der Waals surface area contributed by atoms with Crippen LogP contribution in [0.25, 0.3) is 0 Å². The number of hydrogen-bond donors (Lipinski definition) is 2. The Morgan fingerprint density at radius 2 is 1.81 bits per heavy atom. The highest BCUT2D eigenvalue weighted by atomic mass is 16.3. The molecule has 0 radical (unpaired) electrons. The van der Waals surface area contributed by atoms with Crippen LogP contribution < -0.4 is 10.6 Å². The van der Waals surface area contributed by atoms with Gasteiger partial charge in [0.2, 0.25) is 5.91 Å². The molecule has 4 heteroatoms. The van der Waals surface area contributed by atoms with Gasteiger partial charge in [0.15, 0.2) is 6.10 Å². The highest BCUT2D eigenvalue weighted by molar-refractivity contribution is 5.80. The van der Waals surface area contributed by atoms with E-state index >= 15 is 0 Å². The maximum Gasteiger partial charge on any atom is 0.248 e. The van der Waals surface area contributed by atoms with E-state index in [1.807, 2.05) is 73.5 Å². The van der Waals surface area contributed by atoms with Gasteiger partial charge in [0.05, 0.1) is 6.04 Å². The average molecular weight is 284 g/mol. The minimum Gasteiger partial charge on any atom is -0.381 e. The van der Waals surface area contributed by atoms with Crippen molar-refractivity contribution in [3.05, 3.63) is 65.7 Å². The molecule has 0 aliphatic carbocycles. The lowest BCUT2D eigenvalue weighted by molar-refractivity contribution is -0.127. The van der Waals surface area contributed by atoms with Crippen LogP contribution in [0.1, 0.15) is 17.2 Å². The van der Waals surface area contributed by atoms with Crippen LogP contribution in [0, 0.1) is 6.92 Å². The number of hydrogen-bond acceptors (Lipinski definition) is 3. The Kier molecular flexibility index (Phi) is 4.60. The molecule has 0 aromatic heterocycles. The second-order valence-corrected chi connectivity index (χ2v) is 5.15. The minimum atomic E-state index is -1.28. The van der Waals surface area contributed by atoms with E-state index in [0.717, 1.165) is 16.8 Å². The van der Waals surface area contributed by atoms with Crippen molar-refractivity contribution in [1.82, 2.24) is 0 Å². The number of aliphatic hydroxyl groups excluding tert-OH is 1. The summed E-state index contributed by atoms with van der Waals surface area (Å²) in [6.45, 7) is 2.00. The fourth-order valence-electron chi connectivity index (χ4n) is 2.43. The number of likely N-dealkylation sites (N-methyl/N-ethyl adjacent to an activating group) is 1. The summed E-state index contributed by atoms with van der Waals surface area (Å²) < 4.78 is 0. The summed E-state index contributed by atoms with van der Waals surface area (Å²) in [6, 6.07) is 16.8. The molecule has 3 N–H and O–H groups in total. The van der Waals surface area contributed by atoms with E-state index in [-0.39, 0.29) is 0 Å². The molecule has 0 bridgehead atoms. The Morgan fingerprint density at radius 1 is 1.14 bits per heavy atom. The summed E-state index contributed by atoms with van der Waals surface area (Å²) in [7, 11) is 1.85. The molecule has 2 unspecified atom stereocenters. The summed E-state index contributed by atoms with van der Waals surface area (Å²) in [5.41, 5.74) is 8.18. The van der Waals surface area contributed by atoms with Crippen molar-refractivity contribution in [2.45, 2.75) is 19.1 Å². The number of anilines is 1. The Bertz CT molecular complexity index is 613. The van der Waals surface area contributed by atoms with Gasteiger partial charge in [-0.15, -0.1) is 0 Å². The lowest BCUT2D eigenvalue weighted by atomic mass is 9.98. The van der Waals surface area contributed by atoms with Gasteiger partial charge in [-0.05, 0) is 30.2 Å². The maximum absolute atomic E-state index is 11.5. The highest BCUT2D eigenvalue weighted by Gasteiger charge is 2.29. The molecule has 0 aliphatic rings. The Balaban J connectivity index is 2.42. The SMILES string of the molecule is Cc1cccc(N(C)C(c2ccccc2)C(O)C(N)=O)c1. The van der Waals surface area contributed by atoms with Gasteiger partial charge in [-0.3, -0.25) is 4.79 Å². The van der Waals surface area contributed by atoms with E-state index in [4.69, 9.17) is 5.73 Å². The third kappa shape index (κ3) is 3.41. The Hall–Kier alpha value is -2.33. The van der Waals surface area contributed by atoms with Crippen LogP contribution in [0.2, 0.25) is 0 Å². The van der Waals surface area contributed by atoms with Crippen molar-refractivity contribution in [3.8, 4) is 0 Å². The van der Waals surface area contributed by atoms with Crippen LogP contribution in [-0.2, 0) is 4.79 Å². The lowest BCUT2D eigenvalue weighted by Gasteiger charge is -2.33. The molecule has 0 spiro atoms. The second kappa shape index (κ2) is 6.41. The number of rotatable bonds is 5. The van der Waals surface area contributed by atoms with Crippen molar-refractivity contribution in [2.75, 3.05) is 11.9 Å². The van der Waals surface area contributed by atoms with Crippen molar-refractivity contribution in [2.24, 2.45) is 5.73 Å². The van der Waals surface area contributed by atoms with Crippen LogP contribution >= 0.6 is 0 Å². The number of primary amides is 1. The zero-order chi connectivity index (χ0) is 15.4. The van der Waals surface area contributed by atoms with Gasteiger partial charge < -0.3 is 15.7 Å². The van der Waals surface area contributed by atoms with E-state index in [1.54, 1.807) is 0 Å². The highest BCUT2D eigenvalue weighted by Crippen LogP contribution is 2.28. The zero-order valence-corrected chi connectivity index (χ0v) is 12.2. The summed E-state index contributed by atoms with van der Waals surface area (Å²) in [4.78, 5) is 13.3. The molecule has 1 amide bonds. The van der Waals surface area contributed by atoms with Gasteiger partial charge in [0.1, 0.15) is 0 Å². The first-order chi connectivity index (χ1) is 10.0. The number of carbonyl (C=O) groups excluding carboxylic acids is 1. The number of nitrogens with zero attached hydrogens (tertiary/aromatic N) is 1. The molecule has 4 nitrogen and oxygen atoms in total. The number of aryl methyl sites for hydroxylation is 1. The normalized spacial score (nSPS) is 13.5. The predicted octanol–water partition coefficient (Wildman–Crippen LogP) is 2.02. The standard InChI is InChI=1S/C17H20N2O2/c1-12-7-6-10-14(11-12)19(2)15(16(20)17(18)21)13-8-4-3-5-9-13/h3-11,15-16,20H,1-2H3,(H2,18,21). The quantitative estimate of drug-likeness (QED) is 0.882. The van der Waals surface area contributed by atoms with Crippen LogP contribution in [0.5, 0.6) is 0 Å². The Labute approximate surface area is 124 Å².